The van der Waals surface area contributed by atoms with E-state index < -0.39 is 0 Å². The van der Waals surface area contributed by atoms with Gasteiger partial charge in [0.1, 0.15) is 0 Å². The fraction of sp³-hybridized carbons (Fsp3) is 0.588. The molecule has 2 aromatic heterocycles. The summed E-state index contributed by atoms with van der Waals surface area (Å²) in [5, 5.41) is 8.37. The zero-order valence-electron chi connectivity index (χ0n) is 14.3. The number of amides is 1. The van der Waals surface area contributed by atoms with Crippen molar-refractivity contribution in [3.05, 3.63) is 34.5 Å². The van der Waals surface area contributed by atoms with Gasteiger partial charge < -0.3 is 9.42 Å². The van der Waals surface area contributed by atoms with Crippen LogP contribution in [0.25, 0.3) is 0 Å². The van der Waals surface area contributed by atoms with Gasteiger partial charge in [-0.15, -0.1) is 0 Å². The molecule has 3 rings (SSSR count). The second kappa shape index (κ2) is 6.18. The Kier molecular flexibility index (Phi) is 4.24. The van der Waals surface area contributed by atoms with Crippen LogP contribution in [0.1, 0.15) is 53.7 Å². The van der Waals surface area contributed by atoms with Crippen molar-refractivity contribution in [3.8, 4) is 0 Å². The van der Waals surface area contributed by atoms with Crippen LogP contribution in [0.5, 0.6) is 0 Å². The first kappa shape index (κ1) is 15.8. The molecule has 0 bridgehead atoms. The van der Waals surface area contributed by atoms with Gasteiger partial charge in [0, 0.05) is 31.8 Å². The Hall–Kier alpha value is -2.11. The Morgan fingerprint density at radius 1 is 1.39 bits per heavy atom. The summed E-state index contributed by atoms with van der Waals surface area (Å²) in [6.45, 7) is 6.76. The number of hydrogen-bond donors (Lipinski definition) is 0. The fourth-order valence-electron chi connectivity index (χ4n) is 3.46. The minimum atomic E-state index is 0.0415. The Morgan fingerprint density at radius 2 is 2.17 bits per heavy atom. The van der Waals surface area contributed by atoms with Gasteiger partial charge in [-0.2, -0.15) is 5.10 Å². The van der Waals surface area contributed by atoms with Crippen molar-refractivity contribution in [2.24, 2.45) is 7.05 Å². The minimum absolute atomic E-state index is 0.0415. The third-order valence-electron chi connectivity index (χ3n) is 4.80. The van der Waals surface area contributed by atoms with Crippen molar-refractivity contribution >= 4 is 5.91 Å². The predicted molar refractivity (Wildman–Crippen MR) is 85.9 cm³/mol. The molecule has 23 heavy (non-hydrogen) atoms. The smallest absolute Gasteiger partial charge is 0.223 e. The van der Waals surface area contributed by atoms with E-state index in [4.69, 9.17) is 4.52 Å². The summed E-state index contributed by atoms with van der Waals surface area (Å²) in [6, 6.07) is 1.98. The second-order valence-electron chi connectivity index (χ2n) is 6.39. The van der Waals surface area contributed by atoms with Gasteiger partial charge in [0.15, 0.2) is 5.76 Å². The lowest BCUT2D eigenvalue weighted by Crippen LogP contribution is -2.30. The van der Waals surface area contributed by atoms with Gasteiger partial charge in [0.2, 0.25) is 5.91 Å². The Bertz CT molecular complexity index is 716. The maximum Gasteiger partial charge on any atom is 0.223 e. The highest BCUT2D eigenvalue weighted by atomic mass is 16.5. The lowest BCUT2D eigenvalue weighted by atomic mass is 10.1. The lowest BCUT2D eigenvalue weighted by molar-refractivity contribution is -0.132. The van der Waals surface area contributed by atoms with E-state index in [0.29, 0.717) is 6.42 Å². The van der Waals surface area contributed by atoms with Crippen LogP contribution in [-0.2, 0) is 18.3 Å². The highest BCUT2D eigenvalue weighted by Gasteiger charge is 2.32. The van der Waals surface area contributed by atoms with Crippen LogP contribution >= 0.6 is 0 Å². The SMILES string of the molecule is Cc1cc([C@H]2CCCN2C(=O)CCc2c(C)nn(C)c2C)on1. The monoisotopic (exact) mass is 316 g/mol. The molecule has 3 heterocycles. The Balaban J connectivity index is 1.68. The van der Waals surface area contributed by atoms with E-state index >= 15 is 0 Å². The molecule has 1 aliphatic heterocycles. The second-order valence-corrected chi connectivity index (χ2v) is 6.39. The zero-order valence-corrected chi connectivity index (χ0v) is 14.3. The number of carbonyl (C=O) groups is 1. The maximum atomic E-state index is 12.7. The fourth-order valence-corrected chi connectivity index (χ4v) is 3.46. The van der Waals surface area contributed by atoms with Crippen molar-refractivity contribution in [2.75, 3.05) is 6.54 Å². The first-order chi connectivity index (χ1) is 11.0. The third-order valence-corrected chi connectivity index (χ3v) is 4.80. The summed E-state index contributed by atoms with van der Waals surface area (Å²) in [5.41, 5.74) is 4.20. The lowest BCUT2D eigenvalue weighted by Gasteiger charge is -2.22. The summed E-state index contributed by atoms with van der Waals surface area (Å²) in [5.74, 6) is 0.992. The molecule has 0 radical (unpaired) electrons. The standard InChI is InChI=1S/C17H24N4O2/c1-11-10-16(23-19-11)15-6-5-9-21(15)17(22)8-7-14-12(2)18-20(4)13(14)3/h10,15H,5-9H2,1-4H3/t15-/m1/s1. The van der Waals surface area contributed by atoms with Gasteiger partial charge >= 0.3 is 0 Å². The molecule has 6 heteroatoms. The Labute approximate surface area is 136 Å². The molecule has 1 aliphatic rings. The summed E-state index contributed by atoms with van der Waals surface area (Å²) in [7, 11) is 1.94. The van der Waals surface area contributed by atoms with E-state index in [1.807, 2.05) is 36.5 Å². The first-order valence-corrected chi connectivity index (χ1v) is 8.19. The van der Waals surface area contributed by atoms with Crippen LogP contribution in [0.3, 0.4) is 0 Å². The van der Waals surface area contributed by atoms with Crippen molar-refractivity contribution in [1.29, 1.82) is 0 Å². The zero-order chi connectivity index (χ0) is 16.6. The number of rotatable bonds is 4. The number of carbonyl (C=O) groups excluding carboxylic acids is 1. The number of hydrogen-bond acceptors (Lipinski definition) is 4. The molecule has 0 aromatic carbocycles. The maximum absolute atomic E-state index is 12.7. The predicted octanol–water partition coefficient (Wildman–Crippen LogP) is 2.63. The average molecular weight is 316 g/mol. The van der Waals surface area contributed by atoms with Crippen LogP contribution in [0.4, 0.5) is 0 Å². The molecule has 0 N–H and O–H groups in total. The molecule has 2 aromatic rings. The third kappa shape index (κ3) is 3.02. The molecule has 1 atom stereocenters. The Morgan fingerprint density at radius 3 is 2.78 bits per heavy atom. The summed E-state index contributed by atoms with van der Waals surface area (Å²) in [6.07, 6.45) is 3.21. The highest BCUT2D eigenvalue weighted by molar-refractivity contribution is 5.77. The molecule has 0 unspecified atom stereocenters. The van der Waals surface area contributed by atoms with Gasteiger partial charge in [-0.1, -0.05) is 5.16 Å². The molecule has 1 saturated heterocycles. The van der Waals surface area contributed by atoms with E-state index in [2.05, 4.69) is 17.2 Å². The van der Waals surface area contributed by atoms with Crippen molar-refractivity contribution in [1.82, 2.24) is 19.8 Å². The van der Waals surface area contributed by atoms with E-state index in [0.717, 1.165) is 48.6 Å². The topological polar surface area (TPSA) is 64.2 Å². The first-order valence-electron chi connectivity index (χ1n) is 8.19. The van der Waals surface area contributed by atoms with Gasteiger partial charge in [0.05, 0.1) is 17.4 Å². The van der Waals surface area contributed by atoms with Crippen LogP contribution in [0.2, 0.25) is 0 Å². The number of aromatic nitrogens is 3. The molecule has 1 amide bonds. The van der Waals surface area contributed by atoms with Crippen LogP contribution in [-0.4, -0.2) is 32.3 Å². The molecular formula is C17H24N4O2. The molecular weight excluding hydrogens is 292 g/mol. The highest BCUT2D eigenvalue weighted by Crippen LogP contribution is 2.33. The van der Waals surface area contributed by atoms with Crippen molar-refractivity contribution < 1.29 is 9.32 Å². The van der Waals surface area contributed by atoms with Gasteiger partial charge in [-0.25, -0.2) is 0 Å². The largest absolute Gasteiger partial charge is 0.359 e. The summed E-state index contributed by atoms with van der Waals surface area (Å²) >= 11 is 0. The molecule has 0 saturated carbocycles. The molecule has 6 nitrogen and oxygen atoms in total. The van der Waals surface area contributed by atoms with Crippen molar-refractivity contribution in [2.45, 2.75) is 52.5 Å². The van der Waals surface area contributed by atoms with Crippen molar-refractivity contribution in [3.63, 3.8) is 0 Å². The number of likely N-dealkylation sites (tertiary alicyclic amines) is 1. The summed E-state index contributed by atoms with van der Waals surface area (Å²) in [4.78, 5) is 14.6. The van der Waals surface area contributed by atoms with E-state index in [1.165, 1.54) is 5.56 Å². The van der Waals surface area contributed by atoms with E-state index in [9.17, 15) is 4.79 Å². The molecule has 0 spiro atoms. The average Bonchev–Trinajstić information content (AvgIpc) is 3.19. The number of nitrogens with zero attached hydrogens (tertiary/aromatic N) is 4. The normalized spacial score (nSPS) is 17.9. The van der Waals surface area contributed by atoms with Crippen LogP contribution in [0.15, 0.2) is 10.6 Å². The quantitative estimate of drug-likeness (QED) is 0.870. The van der Waals surface area contributed by atoms with Gasteiger partial charge in [-0.05, 0) is 45.6 Å². The van der Waals surface area contributed by atoms with Crippen LogP contribution in [0, 0.1) is 20.8 Å². The molecule has 124 valence electrons. The van der Waals surface area contributed by atoms with Crippen LogP contribution < -0.4 is 0 Å². The van der Waals surface area contributed by atoms with E-state index in [-0.39, 0.29) is 11.9 Å². The minimum Gasteiger partial charge on any atom is -0.359 e. The molecule has 0 aliphatic carbocycles. The van der Waals surface area contributed by atoms with E-state index in [1.54, 1.807) is 0 Å². The number of aryl methyl sites for hydroxylation is 3. The van der Waals surface area contributed by atoms with Gasteiger partial charge in [0.25, 0.3) is 0 Å². The van der Waals surface area contributed by atoms with Gasteiger partial charge in [-0.3, -0.25) is 9.48 Å². The summed E-state index contributed by atoms with van der Waals surface area (Å²) < 4.78 is 7.26. The molecule has 1 fully saturated rings.